The quantitative estimate of drug-likeness (QED) is 0.868. The van der Waals surface area contributed by atoms with Crippen LogP contribution in [0.15, 0.2) is 54.6 Å². The first-order valence-electron chi connectivity index (χ1n) is 9.78. The average Bonchev–Trinajstić information content (AvgIpc) is 3.10. The Morgan fingerprint density at radius 1 is 1.07 bits per heavy atom. The normalized spacial score (nSPS) is 19.7. The number of hydrogen-bond acceptors (Lipinski definition) is 4. The molecule has 0 saturated carbocycles. The summed E-state index contributed by atoms with van der Waals surface area (Å²) in [6.45, 7) is 3.59. The predicted octanol–water partition coefficient (Wildman–Crippen LogP) is 2.65. The number of benzene rings is 2. The number of carbonyl (C=O) groups excluding carboxylic acids is 2. The molecule has 1 unspecified atom stereocenters. The summed E-state index contributed by atoms with van der Waals surface area (Å²) in [7, 11) is 0. The van der Waals surface area contributed by atoms with Gasteiger partial charge in [0.05, 0.1) is 13.2 Å². The van der Waals surface area contributed by atoms with Gasteiger partial charge >= 0.3 is 0 Å². The van der Waals surface area contributed by atoms with Crippen LogP contribution in [0.25, 0.3) is 0 Å². The molecular formula is C22H25N3O3. The molecule has 0 aromatic heterocycles. The van der Waals surface area contributed by atoms with Crippen LogP contribution in [0.1, 0.15) is 18.4 Å². The zero-order valence-electron chi connectivity index (χ0n) is 15.8. The van der Waals surface area contributed by atoms with E-state index in [1.165, 1.54) is 0 Å². The number of anilines is 2. The van der Waals surface area contributed by atoms with Crippen molar-refractivity contribution in [2.75, 3.05) is 36.5 Å². The second-order valence-corrected chi connectivity index (χ2v) is 7.20. The number of nitrogens with one attached hydrogen (secondary N) is 1. The molecule has 146 valence electrons. The maximum atomic E-state index is 12.9. The molecule has 1 N–H and O–H groups in total. The number of hydrogen-bond donors (Lipinski definition) is 1. The Morgan fingerprint density at radius 3 is 2.64 bits per heavy atom. The molecule has 0 spiro atoms. The molecule has 2 aliphatic rings. The van der Waals surface area contributed by atoms with Crippen LogP contribution >= 0.6 is 0 Å². The van der Waals surface area contributed by atoms with Crippen LogP contribution in [0.2, 0.25) is 0 Å². The summed E-state index contributed by atoms with van der Waals surface area (Å²) in [6, 6.07) is 17.2. The monoisotopic (exact) mass is 379 g/mol. The molecule has 2 aromatic rings. The van der Waals surface area contributed by atoms with E-state index in [1.807, 2.05) is 54.6 Å². The summed E-state index contributed by atoms with van der Waals surface area (Å²) in [6.07, 6.45) is 0.972. The number of rotatable bonds is 5. The number of morpholine rings is 1. The highest BCUT2D eigenvalue weighted by molar-refractivity contribution is 5.99. The van der Waals surface area contributed by atoms with Crippen LogP contribution in [0.3, 0.4) is 0 Å². The SMILES string of the molecule is O=C(Nc1cccc(N2CCOCC2)c1)C1CCC(=O)N1Cc1ccccc1. The van der Waals surface area contributed by atoms with Crippen molar-refractivity contribution in [3.63, 3.8) is 0 Å². The zero-order chi connectivity index (χ0) is 19.3. The number of likely N-dealkylation sites (tertiary alicyclic amines) is 1. The lowest BCUT2D eigenvalue weighted by molar-refractivity contribution is -0.133. The Hall–Kier alpha value is -2.86. The Morgan fingerprint density at radius 2 is 1.86 bits per heavy atom. The van der Waals surface area contributed by atoms with Gasteiger partial charge in [0.15, 0.2) is 0 Å². The first kappa shape index (κ1) is 18.5. The third kappa shape index (κ3) is 4.17. The lowest BCUT2D eigenvalue weighted by Crippen LogP contribution is -2.41. The fraction of sp³-hybridized carbons (Fsp3) is 0.364. The Balaban J connectivity index is 1.44. The van der Waals surface area contributed by atoms with Gasteiger partial charge in [-0.05, 0) is 30.2 Å². The summed E-state index contributed by atoms with van der Waals surface area (Å²) < 4.78 is 5.41. The van der Waals surface area contributed by atoms with Gasteiger partial charge in [-0.25, -0.2) is 0 Å². The van der Waals surface area contributed by atoms with Crippen LogP contribution in [0.5, 0.6) is 0 Å². The summed E-state index contributed by atoms with van der Waals surface area (Å²) in [5.41, 5.74) is 2.86. The van der Waals surface area contributed by atoms with Crippen molar-refractivity contribution in [1.82, 2.24) is 4.90 Å². The van der Waals surface area contributed by atoms with E-state index in [0.717, 1.165) is 43.2 Å². The third-order valence-corrected chi connectivity index (χ3v) is 5.32. The Labute approximate surface area is 165 Å². The van der Waals surface area contributed by atoms with Crippen LogP contribution in [-0.4, -0.2) is 49.1 Å². The summed E-state index contributed by atoms with van der Waals surface area (Å²) >= 11 is 0. The number of carbonyl (C=O) groups is 2. The molecule has 2 saturated heterocycles. The smallest absolute Gasteiger partial charge is 0.247 e. The molecule has 2 aliphatic heterocycles. The molecule has 2 heterocycles. The van der Waals surface area contributed by atoms with Gasteiger partial charge in [0.1, 0.15) is 6.04 Å². The van der Waals surface area contributed by atoms with E-state index < -0.39 is 6.04 Å². The van der Waals surface area contributed by atoms with E-state index in [4.69, 9.17) is 4.74 Å². The van der Waals surface area contributed by atoms with E-state index in [1.54, 1.807) is 4.90 Å². The zero-order valence-corrected chi connectivity index (χ0v) is 15.8. The first-order valence-corrected chi connectivity index (χ1v) is 9.78. The largest absolute Gasteiger partial charge is 0.378 e. The molecule has 1 atom stereocenters. The van der Waals surface area contributed by atoms with Crippen molar-refractivity contribution >= 4 is 23.2 Å². The summed E-state index contributed by atoms with van der Waals surface area (Å²) in [5, 5.41) is 3.01. The Bertz CT molecular complexity index is 834. The highest BCUT2D eigenvalue weighted by Crippen LogP contribution is 2.25. The van der Waals surface area contributed by atoms with Gasteiger partial charge in [0.2, 0.25) is 11.8 Å². The van der Waals surface area contributed by atoms with Crippen LogP contribution in [0, 0.1) is 0 Å². The van der Waals surface area contributed by atoms with Crippen molar-refractivity contribution in [3.05, 3.63) is 60.2 Å². The third-order valence-electron chi connectivity index (χ3n) is 5.32. The molecule has 2 aromatic carbocycles. The van der Waals surface area contributed by atoms with E-state index >= 15 is 0 Å². The molecule has 6 nitrogen and oxygen atoms in total. The minimum atomic E-state index is -0.431. The van der Waals surface area contributed by atoms with Crippen molar-refractivity contribution in [1.29, 1.82) is 0 Å². The van der Waals surface area contributed by atoms with Crippen molar-refractivity contribution in [2.24, 2.45) is 0 Å². The molecule has 0 radical (unpaired) electrons. The minimum absolute atomic E-state index is 0.0334. The molecule has 0 aliphatic carbocycles. The van der Waals surface area contributed by atoms with Crippen LogP contribution in [-0.2, 0) is 20.9 Å². The number of amides is 2. The summed E-state index contributed by atoms with van der Waals surface area (Å²) in [4.78, 5) is 29.2. The number of nitrogens with zero attached hydrogens (tertiary/aromatic N) is 2. The van der Waals surface area contributed by atoms with Gasteiger partial charge in [-0.1, -0.05) is 36.4 Å². The fourth-order valence-electron chi connectivity index (χ4n) is 3.81. The van der Waals surface area contributed by atoms with Gasteiger partial charge in [0.25, 0.3) is 0 Å². The van der Waals surface area contributed by atoms with Crippen LogP contribution in [0.4, 0.5) is 11.4 Å². The molecule has 0 bridgehead atoms. The highest BCUT2D eigenvalue weighted by atomic mass is 16.5. The molecule has 2 fully saturated rings. The lowest BCUT2D eigenvalue weighted by Gasteiger charge is -2.29. The van der Waals surface area contributed by atoms with E-state index in [0.29, 0.717) is 19.4 Å². The molecule has 6 heteroatoms. The van der Waals surface area contributed by atoms with Crippen molar-refractivity contribution in [3.8, 4) is 0 Å². The average molecular weight is 379 g/mol. The first-order chi connectivity index (χ1) is 13.7. The Kier molecular flexibility index (Phi) is 5.58. The lowest BCUT2D eigenvalue weighted by atomic mass is 10.1. The molecule has 4 rings (SSSR count). The maximum Gasteiger partial charge on any atom is 0.247 e. The highest BCUT2D eigenvalue weighted by Gasteiger charge is 2.36. The van der Waals surface area contributed by atoms with Crippen LogP contribution < -0.4 is 10.2 Å². The molecule has 28 heavy (non-hydrogen) atoms. The van der Waals surface area contributed by atoms with Gasteiger partial charge < -0.3 is 19.9 Å². The van der Waals surface area contributed by atoms with Gasteiger partial charge in [0, 0.05) is 37.4 Å². The van der Waals surface area contributed by atoms with Crippen molar-refractivity contribution < 1.29 is 14.3 Å². The predicted molar refractivity (Wildman–Crippen MR) is 108 cm³/mol. The van der Waals surface area contributed by atoms with E-state index in [-0.39, 0.29) is 11.8 Å². The minimum Gasteiger partial charge on any atom is -0.378 e. The van der Waals surface area contributed by atoms with E-state index in [9.17, 15) is 9.59 Å². The van der Waals surface area contributed by atoms with Gasteiger partial charge in [-0.2, -0.15) is 0 Å². The van der Waals surface area contributed by atoms with Gasteiger partial charge in [-0.3, -0.25) is 9.59 Å². The van der Waals surface area contributed by atoms with E-state index in [2.05, 4.69) is 10.2 Å². The van der Waals surface area contributed by atoms with Gasteiger partial charge in [-0.15, -0.1) is 0 Å². The number of ether oxygens (including phenoxy) is 1. The fourth-order valence-corrected chi connectivity index (χ4v) is 3.81. The summed E-state index contributed by atoms with van der Waals surface area (Å²) in [5.74, 6) is -0.0908. The van der Waals surface area contributed by atoms with Crippen molar-refractivity contribution in [2.45, 2.75) is 25.4 Å². The second kappa shape index (κ2) is 8.44. The second-order valence-electron chi connectivity index (χ2n) is 7.20. The molecular weight excluding hydrogens is 354 g/mol. The molecule has 2 amide bonds. The standard InChI is InChI=1S/C22H25N3O3/c26-21-10-9-20(25(21)16-17-5-2-1-3-6-17)22(27)23-18-7-4-8-19(15-18)24-11-13-28-14-12-24/h1-8,15,20H,9-14,16H2,(H,23,27). The topological polar surface area (TPSA) is 61.9 Å². The maximum absolute atomic E-state index is 12.9.